The van der Waals surface area contributed by atoms with Gasteiger partial charge in [0, 0.05) is 36.0 Å². The molecule has 7 heteroatoms. The maximum Gasteiger partial charge on any atom is 0.339 e. The van der Waals surface area contributed by atoms with Crippen molar-refractivity contribution >= 4 is 34.3 Å². The van der Waals surface area contributed by atoms with Crippen molar-refractivity contribution in [1.82, 2.24) is 9.55 Å². The number of carbonyl (C=O) groups is 2. The molecular weight excluding hydrogens is 468 g/mol. The Labute approximate surface area is 215 Å². The van der Waals surface area contributed by atoms with E-state index >= 15 is 0 Å². The highest BCUT2D eigenvalue weighted by atomic mass is 16.5. The van der Waals surface area contributed by atoms with Crippen molar-refractivity contribution in [3.63, 3.8) is 0 Å². The van der Waals surface area contributed by atoms with E-state index in [0.717, 1.165) is 52.2 Å². The van der Waals surface area contributed by atoms with Gasteiger partial charge in [-0.2, -0.15) is 0 Å². The number of carbonyl (C=O) groups excluding carboxylic acids is 2. The van der Waals surface area contributed by atoms with Gasteiger partial charge in [-0.15, -0.1) is 0 Å². The predicted molar refractivity (Wildman–Crippen MR) is 142 cm³/mol. The lowest BCUT2D eigenvalue weighted by Crippen LogP contribution is -2.19. The van der Waals surface area contributed by atoms with E-state index < -0.39 is 5.97 Å². The minimum absolute atomic E-state index is 0.226. The molecule has 1 aliphatic rings. The van der Waals surface area contributed by atoms with E-state index in [4.69, 9.17) is 18.9 Å². The molecule has 5 rings (SSSR count). The molecule has 7 nitrogen and oxygen atoms in total. The molecule has 0 fully saturated rings. The van der Waals surface area contributed by atoms with Gasteiger partial charge in [0.05, 0.1) is 29.6 Å². The lowest BCUT2D eigenvalue weighted by atomic mass is 9.86. The van der Waals surface area contributed by atoms with Crippen molar-refractivity contribution in [3.8, 4) is 0 Å². The van der Waals surface area contributed by atoms with Gasteiger partial charge in [-0.1, -0.05) is 18.2 Å². The molecule has 0 aliphatic heterocycles. The summed E-state index contributed by atoms with van der Waals surface area (Å²) in [6.45, 7) is 4.74. The molecule has 0 saturated carbocycles. The van der Waals surface area contributed by atoms with Gasteiger partial charge in [-0.25, -0.2) is 9.78 Å². The van der Waals surface area contributed by atoms with Crippen LogP contribution in [-0.2, 0) is 22.4 Å². The Hall–Kier alpha value is -3.97. The number of aromatic nitrogens is 2. The van der Waals surface area contributed by atoms with Crippen LogP contribution < -0.4 is 0 Å². The number of hydrogen-bond donors (Lipinski definition) is 0. The fourth-order valence-electron chi connectivity index (χ4n) is 5.14. The number of pyridine rings is 1. The number of fused-ring (bicyclic) bond motifs is 2. The second kappa shape index (κ2) is 10.6. The second-order valence-corrected chi connectivity index (χ2v) is 9.30. The summed E-state index contributed by atoms with van der Waals surface area (Å²) in [6, 6.07) is 13.2. The Morgan fingerprint density at radius 2 is 1.97 bits per heavy atom. The van der Waals surface area contributed by atoms with Gasteiger partial charge in [0.2, 0.25) is 5.78 Å². The number of aryl methyl sites for hydroxylation is 1. The van der Waals surface area contributed by atoms with Crippen LogP contribution in [0.4, 0.5) is 0 Å². The van der Waals surface area contributed by atoms with E-state index in [1.807, 2.05) is 67.0 Å². The first-order valence-corrected chi connectivity index (χ1v) is 12.5. The van der Waals surface area contributed by atoms with E-state index in [1.165, 1.54) is 0 Å². The number of benzene rings is 1. The highest BCUT2D eigenvalue weighted by Crippen LogP contribution is 2.36. The van der Waals surface area contributed by atoms with Crippen molar-refractivity contribution in [3.05, 3.63) is 88.3 Å². The second-order valence-electron chi connectivity index (χ2n) is 9.30. The van der Waals surface area contributed by atoms with E-state index in [0.29, 0.717) is 36.2 Å². The molecule has 3 heterocycles. The highest BCUT2D eigenvalue weighted by Gasteiger charge is 2.27. The van der Waals surface area contributed by atoms with Crippen LogP contribution in [0.2, 0.25) is 0 Å². The van der Waals surface area contributed by atoms with Crippen molar-refractivity contribution in [1.29, 1.82) is 0 Å². The van der Waals surface area contributed by atoms with Gasteiger partial charge in [0.25, 0.3) is 0 Å². The number of methoxy groups -OCH3 is 1. The number of ether oxygens (including phenoxy) is 2. The number of allylic oxidation sites excluding steroid dienone is 1. The zero-order valence-electron chi connectivity index (χ0n) is 21.4. The largest absolute Gasteiger partial charge is 0.465 e. The molecule has 0 radical (unpaired) electrons. The molecule has 1 aromatic carbocycles. The smallest absolute Gasteiger partial charge is 0.339 e. The molecule has 37 heavy (non-hydrogen) atoms. The first-order chi connectivity index (χ1) is 18.0. The number of Topliss-reactive ketones (excluding diaryl/α,β-unsaturated/α-hetero) is 1. The lowest BCUT2D eigenvalue weighted by molar-refractivity contribution is 0.0475. The third-order valence-corrected chi connectivity index (χ3v) is 6.96. The van der Waals surface area contributed by atoms with Gasteiger partial charge < -0.3 is 18.5 Å². The van der Waals surface area contributed by atoms with Gasteiger partial charge in [0.15, 0.2) is 6.61 Å². The Morgan fingerprint density at radius 3 is 2.76 bits per heavy atom. The minimum atomic E-state index is -0.504. The zero-order valence-corrected chi connectivity index (χ0v) is 21.4. The third-order valence-electron chi connectivity index (χ3n) is 6.96. The Kier molecular flexibility index (Phi) is 7.06. The number of ketones is 1. The first-order valence-electron chi connectivity index (χ1n) is 12.5. The van der Waals surface area contributed by atoms with Gasteiger partial charge in [0.1, 0.15) is 5.76 Å². The fraction of sp³-hybridized carbons (Fsp3) is 0.300. The summed E-state index contributed by atoms with van der Waals surface area (Å²) in [4.78, 5) is 31.5. The number of para-hydroxylation sites is 1. The molecule has 0 unspecified atom stereocenters. The molecular formula is C30H30N2O5. The third kappa shape index (κ3) is 4.87. The summed E-state index contributed by atoms with van der Waals surface area (Å²) in [5, 5.41) is 0.732. The first kappa shape index (κ1) is 24.7. The van der Waals surface area contributed by atoms with Crippen LogP contribution in [0.3, 0.4) is 0 Å². The summed E-state index contributed by atoms with van der Waals surface area (Å²) < 4.78 is 18.4. The monoisotopic (exact) mass is 498 g/mol. The summed E-state index contributed by atoms with van der Waals surface area (Å²) in [5.41, 5.74) is 6.25. The van der Waals surface area contributed by atoms with E-state index in [-0.39, 0.29) is 12.4 Å². The molecule has 190 valence electrons. The summed E-state index contributed by atoms with van der Waals surface area (Å²) in [7, 11) is 1.65. The van der Waals surface area contributed by atoms with Crippen LogP contribution in [0.5, 0.6) is 0 Å². The summed E-state index contributed by atoms with van der Waals surface area (Å²) >= 11 is 0. The van der Waals surface area contributed by atoms with Crippen LogP contribution in [0.25, 0.3) is 22.6 Å². The highest BCUT2D eigenvalue weighted by molar-refractivity contribution is 6.08. The van der Waals surface area contributed by atoms with Crippen LogP contribution in [0, 0.1) is 13.8 Å². The quantitative estimate of drug-likeness (QED) is 0.225. The van der Waals surface area contributed by atoms with Crippen LogP contribution in [-0.4, -0.2) is 41.6 Å². The number of hydrogen-bond acceptors (Lipinski definition) is 6. The zero-order chi connectivity index (χ0) is 25.9. The Morgan fingerprint density at radius 1 is 1.14 bits per heavy atom. The molecule has 0 bridgehead atoms. The van der Waals surface area contributed by atoms with Crippen molar-refractivity contribution in [2.75, 3.05) is 20.3 Å². The summed E-state index contributed by atoms with van der Waals surface area (Å²) in [6.07, 6.45) is 6.05. The van der Waals surface area contributed by atoms with E-state index in [1.54, 1.807) is 13.4 Å². The molecule has 0 atom stereocenters. The molecule has 0 N–H and O–H groups in total. The normalized spacial score (nSPS) is 14.2. The van der Waals surface area contributed by atoms with Crippen LogP contribution in [0.15, 0.2) is 53.1 Å². The molecule has 0 amide bonds. The lowest BCUT2D eigenvalue weighted by Gasteiger charge is -2.22. The predicted octanol–water partition coefficient (Wildman–Crippen LogP) is 5.81. The Bertz CT molecular complexity index is 1490. The number of esters is 1. The fourth-order valence-corrected chi connectivity index (χ4v) is 5.14. The van der Waals surface area contributed by atoms with Crippen LogP contribution >= 0.6 is 0 Å². The average molecular weight is 499 g/mol. The number of furan rings is 1. The van der Waals surface area contributed by atoms with E-state index in [9.17, 15) is 9.59 Å². The molecule has 3 aromatic heterocycles. The van der Waals surface area contributed by atoms with Gasteiger partial charge in [-0.05, 0) is 74.6 Å². The van der Waals surface area contributed by atoms with Crippen molar-refractivity contribution < 1.29 is 23.5 Å². The topological polar surface area (TPSA) is 83.6 Å². The number of nitrogens with zero attached hydrogens (tertiary/aromatic N) is 2. The Balaban J connectivity index is 1.46. The standard InChI is InChI=1S/C30H30N2O5/c1-19-16-25(20(2)32(19)13-15-35-3)27(33)18-37-30(34)28-23-10-4-5-12-26(23)31-29-21(8-6-11-24(28)29)17-22-9-7-14-36-22/h4-5,7,9-10,12,14,16-17H,6,8,11,13,15,18H2,1-3H3. The van der Waals surface area contributed by atoms with Gasteiger partial charge in [-0.3, -0.25) is 4.79 Å². The SMILES string of the molecule is COCCn1c(C)cc(C(=O)COC(=O)c2c3c(nc4ccccc24)C(=Cc2ccco2)CCC3)c1C. The summed E-state index contributed by atoms with van der Waals surface area (Å²) in [5.74, 6) is 0.0158. The van der Waals surface area contributed by atoms with Gasteiger partial charge >= 0.3 is 5.97 Å². The molecule has 0 spiro atoms. The van der Waals surface area contributed by atoms with Crippen molar-refractivity contribution in [2.24, 2.45) is 0 Å². The van der Waals surface area contributed by atoms with Crippen molar-refractivity contribution in [2.45, 2.75) is 39.7 Å². The molecule has 1 aliphatic carbocycles. The molecule has 0 saturated heterocycles. The maximum atomic E-state index is 13.5. The van der Waals surface area contributed by atoms with E-state index in [2.05, 4.69) is 0 Å². The molecule has 4 aromatic rings. The number of rotatable bonds is 8. The maximum absolute atomic E-state index is 13.5. The minimum Gasteiger partial charge on any atom is -0.465 e. The van der Waals surface area contributed by atoms with Crippen LogP contribution in [0.1, 0.15) is 62.0 Å². The average Bonchev–Trinajstić information content (AvgIpc) is 3.52.